The number of ether oxygens (including phenoxy) is 1. The molecule has 0 bridgehead atoms. The highest BCUT2D eigenvalue weighted by Gasteiger charge is 2.09. The largest absolute Gasteiger partial charge is 0.486 e. The van der Waals surface area contributed by atoms with Gasteiger partial charge in [0.25, 0.3) is 0 Å². The van der Waals surface area contributed by atoms with Gasteiger partial charge in [0.2, 0.25) is 0 Å². The first-order chi connectivity index (χ1) is 13.3. The lowest BCUT2D eigenvalue weighted by Gasteiger charge is -2.18. The molecule has 0 spiro atoms. The highest BCUT2D eigenvalue weighted by atomic mass is 16.5. The maximum Gasteiger partial charge on any atom is 0.328 e. The van der Waals surface area contributed by atoms with Crippen molar-refractivity contribution in [3.63, 3.8) is 0 Å². The summed E-state index contributed by atoms with van der Waals surface area (Å²) in [6, 6.07) is 8.09. The quantitative estimate of drug-likeness (QED) is 0.472. The van der Waals surface area contributed by atoms with E-state index in [0.29, 0.717) is 12.2 Å². The molecule has 0 aliphatic rings. The van der Waals surface area contributed by atoms with Crippen LogP contribution in [0.1, 0.15) is 20.3 Å². The fraction of sp³-hybridized carbons (Fsp3) is 0.286. The van der Waals surface area contributed by atoms with Gasteiger partial charge in [-0.2, -0.15) is 0 Å². The third-order valence-electron chi connectivity index (χ3n) is 3.49. The summed E-state index contributed by atoms with van der Waals surface area (Å²) >= 11 is 0. The Balaban J connectivity index is 0.000000416. The summed E-state index contributed by atoms with van der Waals surface area (Å²) in [5, 5.41) is 21.0. The average molecular weight is 386 g/mol. The number of aromatic nitrogens is 1. The number of hydrogen-bond acceptors (Lipinski definition) is 5. The summed E-state index contributed by atoms with van der Waals surface area (Å²) in [4.78, 5) is 23.3. The van der Waals surface area contributed by atoms with Gasteiger partial charge in [0, 0.05) is 41.7 Å². The van der Waals surface area contributed by atoms with E-state index in [1.54, 1.807) is 6.20 Å². The van der Waals surface area contributed by atoms with Crippen LogP contribution in [0.25, 0.3) is 10.8 Å². The zero-order valence-corrected chi connectivity index (χ0v) is 16.3. The summed E-state index contributed by atoms with van der Waals surface area (Å²) in [6.07, 6.45) is 8.00. The van der Waals surface area contributed by atoms with Crippen molar-refractivity contribution in [3.05, 3.63) is 60.5 Å². The molecular weight excluding hydrogens is 360 g/mol. The Kier molecular flexibility index (Phi) is 9.99. The fourth-order valence-corrected chi connectivity index (χ4v) is 2.34. The third-order valence-corrected chi connectivity index (χ3v) is 3.49. The summed E-state index contributed by atoms with van der Waals surface area (Å²) in [5.41, 5.74) is 1.27. The van der Waals surface area contributed by atoms with E-state index in [2.05, 4.69) is 36.3 Å². The van der Waals surface area contributed by atoms with Crippen LogP contribution in [0.4, 0.5) is 0 Å². The molecule has 0 saturated heterocycles. The molecule has 1 aromatic heterocycles. The fourth-order valence-electron chi connectivity index (χ4n) is 2.34. The average Bonchev–Trinajstić information content (AvgIpc) is 2.65. The number of benzene rings is 1. The number of rotatable bonds is 8. The Morgan fingerprint density at radius 1 is 1.18 bits per heavy atom. The Hall–Kier alpha value is -3.19. The number of fused-ring (bicyclic) bond motifs is 1. The molecule has 2 aromatic rings. The number of nitrogens with zero attached hydrogens (tertiary/aromatic N) is 1. The first-order valence-electron chi connectivity index (χ1n) is 8.76. The van der Waals surface area contributed by atoms with Crippen molar-refractivity contribution in [2.75, 3.05) is 13.6 Å². The number of aliphatic carboxylic acids is 2. The van der Waals surface area contributed by atoms with E-state index >= 15 is 0 Å². The predicted molar refractivity (Wildman–Crippen MR) is 109 cm³/mol. The molecule has 1 atom stereocenters. The van der Waals surface area contributed by atoms with Crippen LogP contribution in [-0.4, -0.2) is 46.8 Å². The predicted octanol–water partition coefficient (Wildman–Crippen LogP) is 3.27. The van der Waals surface area contributed by atoms with E-state index in [4.69, 9.17) is 14.9 Å². The van der Waals surface area contributed by atoms with Crippen LogP contribution < -0.4 is 10.1 Å². The Labute approximate surface area is 164 Å². The highest BCUT2D eigenvalue weighted by Crippen LogP contribution is 2.26. The van der Waals surface area contributed by atoms with E-state index in [1.165, 1.54) is 5.57 Å². The first kappa shape index (κ1) is 22.9. The lowest BCUT2D eigenvalue weighted by Crippen LogP contribution is -2.21. The molecule has 7 heteroatoms. The molecule has 1 unspecified atom stereocenters. The molecule has 7 nitrogen and oxygen atoms in total. The number of pyridine rings is 1. The zero-order valence-electron chi connectivity index (χ0n) is 16.3. The molecule has 0 amide bonds. The van der Waals surface area contributed by atoms with Crippen molar-refractivity contribution in [2.24, 2.45) is 0 Å². The van der Waals surface area contributed by atoms with Crippen molar-refractivity contribution < 1.29 is 24.5 Å². The second-order valence-electron chi connectivity index (χ2n) is 6.16. The van der Waals surface area contributed by atoms with E-state index in [9.17, 15) is 9.59 Å². The van der Waals surface area contributed by atoms with Crippen molar-refractivity contribution in [2.45, 2.75) is 26.4 Å². The molecule has 0 saturated carbocycles. The monoisotopic (exact) mass is 386 g/mol. The van der Waals surface area contributed by atoms with Gasteiger partial charge in [0.15, 0.2) is 0 Å². The highest BCUT2D eigenvalue weighted by molar-refractivity contribution is 5.89. The molecular formula is C21H26N2O5. The van der Waals surface area contributed by atoms with Crippen LogP contribution in [0.5, 0.6) is 5.75 Å². The van der Waals surface area contributed by atoms with Gasteiger partial charge in [-0.25, -0.2) is 9.59 Å². The minimum atomic E-state index is -1.26. The van der Waals surface area contributed by atoms with E-state index in [0.717, 1.165) is 29.5 Å². The van der Waals surface area contributed by atoms with Gasteiger partial charge in [0.05, 0.1) is 0 Å². The van der Waals surface area contributed by atoms with Gasteiger partial charge in [-0.15, -0.1) is 0 Å². The van der Waals surface area contributed by atoms with Gasteiger partial charge >= 0.3 is 11.9 Å². The van der Waals surface area contributed by atoms with Crippen LogP contribution >= 0.6 is 0 Å². The topological polar surface area (TPSA) is 109 Å². The van der Waals surface area contributed by atoms with Crippen LogP contribution in [0.2, 0.25) is 0 Å². The van der Waals surface area contributed by atoms with Crippen LogP contribution in [0.15, 0.2) is 60.5 Å². The Morgan fingerprint density at radius 3 is 2.43 bits per heavy atom. The van der Waals surface area contributed by atoms with Gasteiger partial charge < -0.3 is 20.3 Å². The smallest absolute Gasteiger partial charge is 0.328 e. The maximum atomic E-state index is 9.55. The minimum absolute atomic E-state index is 0.0891. The van der Waals surface area contributed by atoms with Crippen molar-refractivity contribution in [1.82, 2.24) is 10.3 Å². The van der Waals surface area contributed by atoms with Gasteiger partial charge in [-0.05, 0) is 45.6 Å². The van der Waals surface area contributed by atoms with Crippen LogP contribution in [0, 0.1) is 0 Å². The standard InChI is InChI=1S/C17H22N2O.C4H4O4/c1-13(2)11-15(7-9-18-3)20-17-6-4-5-14-12-19-10-8-16(14)17;5-3(6)1-2-4(7)8/h4-6,8,10-12,15,18H,7,9H2,1-3H3;1-2H,(H,5,6)(H,7,8)/b;2-1+. The molecule has 0 aliphatic heterocycles. The maximum absolute atomic E-state index is 9.55. The van der Waals surface area contributed by atoms with Crippen molar-refractivity contribution in [1.29, 1.82) is 0 Å². The Morgan fingerprint density at radius 2 is 1.86 bits per heavy atom. The molecule has 3 N–H and O–H groups in total. The summed E-state index contributed by atoms with van der Waals surface area (Å²) in [6.45, 7) is 5.13. The van der Waals surface area contributed by atoms with Gasteiger partial charge in [-0.1, -0.05) is 17.7 Å². The lowest BCUT2D eigenvalue weighted by molar-refractivity contribution is -0.134. The molecule has 2 rings (SSSR count). The zero-order chi connectivity index (χ0) is 20.9. The molecule has 0 radical (unpaired) electrons. The first-order valence-corrected chi connectivity index (χ1v) is 8.76. The molecule has 0 fully saturated rings. The minimum Gasteiger partial charge on any atom is -0.486 e. The van der Waals surface area contributed by atoms with Crippen molar-refractivity contribution >= 4 is 22.7 Å². The van der Waals surface area contributed by atoms with Crippen LogP contribution in [-0.2, 0) is 9.59 Å². The third kappa shape index (κ3) is 8.95. The second-order valence-corrected chi connectivity index (χ2v) is 6.16. The number of hydrogen-bond donors (Lipinski definition) is 3. The molecule has 1 aromatic carbocycles. The number of carbonyl (C=O) groups is 2. The lowest BCUT2D eigenvalue weighted by atomic mass is 10.1. The second kappa shape index (κ2) is 12.2. The van der Waals surface area contributed by atoms with Crippen molar-refractivity contribution in [3.8, 4) is 5.75 Å². The number of nitrogens with one attached hydrogen (secondary N) is 1. The van der Waals surface area contributed by atoms with Crippen LogP contribution in [0.3, 0.4) is 0 Å². The number of carboxylic acid groups (broad SMARTS) is 2. The Bertz CT molecular complexity index is 820. The van der Waals surface area contributed by atoms with E-state index in [1.807, 2.05) is 31.4 Å². The molecule has 0 aliphatic carbocycles. The van der Waals surface area contributed by atoms with Gasteiger partial charge in [-0.3, -0.25) is 4.98 Å². The summed E-state index contributed by atoms with van der Waals surface area (Å²) in [7, 11) is 1.96. The molecule has 150 valence electrons. The van der Waals surface area contributed by atoms with E-state index < -0.39 is 11.9 Å². The molecule has 28 heavy (non-hydrogen) atoms. The normalized spacial score (nSPS) is 11.4. The summed E-state index contributed by atoms with van der Waals surface area (Å²) in [5.74, 6) is -1.59. The van der Waals surface area contributed by atoms with E-state index in [-0.39, 0.29) is 6.10 Å². The molecule has 1 heterocycles. The SMILES string of the molecule is CNCCC(C=C(C)C)Oc1cccc2cnccc12.O=C(O)/C=C/C(=O)O. The summed E-state index contributed by atoms with van der Waals surface area (Å²) < 4.78 is 6.20. The number of carboxylic acids is 2. The number of allylic oxidation sites excluding steroid dienone is 1. The van der Waals surface area contributed by atoms with Gasteiger partial charge in [0.1, 0.15) is 11.9 Å².